The molecule has 1 aromatic rings. The number of carbonyl (C=O) groups is 2. The molecule has 1 N–H and O–H groups in total. The summed E-state index contributed by atoms with van der Waals surface area (Å²) in [4.78, 5) is 25.0. The van der Waals surface area contributed by atoms with Crippen molar-refractivity contribution >= 4 is 11.8 Å². The third kappa shape index (κ3) is 4.30. The zero-order chi connectivity index (χ0) is 19.5. The fourth-order valence-corrected chi connectivity index (χ4v) is 2.53. The van der Waals surface area contributed by atoms with Crippen LogP contribution >= 0.6 is 0 Å². The standard InChI is InChI=1S/C16H17F3N4O3/c1-21(14(25)12-4-2-11(10-20)3-5-12)23-8-6-22(7-9-23)15(26)13(24)16(17,18)19/h2-5,13,24H,6-9H2,1H3/t13-/m1/s1. The number of amides is 2. The number of nitriles is 1. The molecule has 1 heterocycles. The molecule has 140 valence electrons. The topological polar surface area (TPSA) is 87.9 Å². The van der Waals surface area contributed by atoms with Gasteiger partial charge in [0, 0.05) is 38.8 Å². The summed E-state index contributed by atoms with van der Waals surface area (Å²) < 4.78 is 37.3. The first-order valence-electron chi connectivity index (χ1n) is 7.72. The van der Waals surface area contributed by atoms with Crippen LogP contribution in [0.25, 0.3) is 0 Å². The second-order valence-corrected chi connectivity index (χ2v) is 5.74. The maximum atomic E-state index is 12.4. The Balaban J connectivity index is 1.95. The van der Waals surface area contributed by atoms with Crippen molar-refractivity contribution in [3.8, 4) is 6.07 Å². The van der Waals surface area contributed by atoms with Gasteiger partial charge in [-0.2, -0.15) is 18.4 Å². The number of piperazine rings is 1. The summed E-state index contributed by atoms with van der Waals surface area (Å²) in [6, 6.07) is 7.99. The lowest BCUT2D eigenvalue weighted by Gasteiger charge is -2.39. The number of carbonyl (C=O) groups excluding carboxylic acids is 2. The molecule has 1 aliphatic rings. The average molecular weight is 370 g/mol. The second-order valence-electron chi connectivity index (χ2n) is 5.74. The van der Waals surface area contributed by atoms with E-state index in [2.05, 4.69) is 0 Å². The Bertz CT molecular complexity index is 707. The number of nitrogens with zero attached hydrogens (tertiary/aromatic N) is 4. The number of hydrogen-bond donors (Lipinski definition) is 1. The van der Waals surface area contributed by atoms with Gasteiger partial charge >= 0.3 is 6.18 Å². The van der Waals surface area contributed by atoms with E-state index in [1.807, 2.05) is 6.07 Å². The van der Waals surface area contributed by atoms with E-state index in [1.165, 1.54) is 36.3 Å². The van der Waals surface area contributed by atoms with Gasteiger partial charge in [0.1, 0.15) is 0 Å². The molecule has 0 aromatic heterocycles. The number of benzene rings is 1. The van der Waals surface area contributed by atoms with Crippen molar-refractivity contribution in [2.45, 2.75) is 12.3 Å². The lowest BCUT2D eigenvalue weighted by molar-refractivity contribution is -0.211. The molecule has 7 nitrogen and oxygen atoms in total. The molecule has 2 rings (SSSR count). The maximum Gasteiger partial charge on any atom is 0.423 e. The molecule has 1 atom stereocenters. The number of hydrazine groups is 1. The van der Waals surface area contributed by atoms with E-state index < -0.39 is 18.2 Å². The first kappa shape index (κ1) is 19.7. The third-order valence-corrected chi connectivity index (χ3v) is 4.09. The Labute approximate surface area is 147 Å². The molecule has 1 fully saturated rings. The fraction of sp³-hybridized carbons (Fsp3) is 0.438. The van der Waals surface area contributed by atoms with Crippen molar-refractivity contribution in [3.05, 3.63) is 35.4 Å². The zero-order valence-corrected chi connectivity index (χ0v) is 13.9. The van der Waals surface area contributed by atoms with Gasteiger partial charge in [0.15, 0.2) is 0 Å². The van der Waals surface area contributed by atoms with Crippen LogP contribution < -0.4 is 0 Å². The Morgan fingerprint density at radius 1 is 1.19 bits per heavy atom. The van der Waals surface area contributed by atoms with E-state index in [4.69, 9.17) is 10.4 Å². The van der Waals surface area contributed by atoms with Crippen LogP contribution in [0.1, 0.15) is 15.9 Å². The summed E-state index contributed by atoms with van der Waals surface area (Å²) in [7, 11) is 1.52. The minimum absolute atomic E-state index is 0.0447. The highest BCUT2D eigenvalue weighted by molar-refractivity contribution is 5.93. The monoisotopic (exact) mass is 370 g/mol. The van der Waals surface area contributed by atoms with E-state index in [1.54, 1.807) is 5.01 Å². The van der Waals surface area contributed by atoms with Gasteiger partial charge in [-0.1, -0.05) is 0 Å². The summed E-state index contributed by atoms with van der Waals surface area (Å²) in [5.41, 5.74) is 0.775. The molecule has 0 saturated carbocycles. The minimum Gasteiger partial charge on any atom is -0.376 e. The Morgan fingerprint density at radius 2 is 1.73 bits per heavy atom. The second kappa shape index (κ2) is 7.72. The molecule has 1 saturated heterocycles. The van der Waals surface area contributed by atoms with Crippen LogP contribution in [0.15, 0.2) is 24.3 Å². The number of alkyl halides is 3. The van der Waals surface area contributed by atoms with Crippen LogP contribution in [-0.2, 0) is 4.79 Å². The number of halogens is 3. The molecule has 0 bridgehead atoms. The van der Waals surface area contributed by atoms with E-state index in [0.29, 0.717) is 11.1 Å². The zero-order valence-electron chi connectivity index (χ0n) is 13.9. The highest BCUT2D eigenvalue weighted by Gasteiger charge is 2.45. The quantitative estimate of drug-likeness (QED) is 0.843. The van der Waals surface area contributed by atoms with E-state index >= 15 is 0 Å². The molecular formula is C16H17F3N4O3. The first-order chi connectivity index (χ1) is 12.1. The molecule has 0 aliphatic carbocycles. The Morgan fingerprint density at radius 3 is 2.19 bits per heavy atom. The highest BCUT2D eigenvalue weighted by atomic mass is 19.4. The van der Waals surface area contributed by atoms with Gasteiger partial charge in [0.25, 0.3) is 11.8 Å². The normalized spacial score (nSPS) is 16.7. The molecule has 0 unspecified atom stereocenters. The number of hydrogen-bond acceptors (Lipinski definition) is 5. The van der Waals surface area contributed by atoms with Gasteiger partial charge in [0.05, 0.1) is 11.6 Å². The lowest BCUT2D eigenvalue weighted by Crippen LogP contribution is -2.58. The average Bonchev–Trinajstić information content (AvgIpc) is 2.65. The predicted molar refractivity (Wildman–Crippen MR) is 83.5 cm³/mol. The fourth-order valence-electron chi connectivity index (χ4n) is 2.53. The third-order valence-electron chi connectivity index (χ3n) is 4.09. The summed E-state index contributed by atoms with van der Waals surface area (Å²) in [6.07, 6.45) is -8.04. The van der Waals surface area contributed by atoms with Crippen LogP contribution in [-0.4, -0.2) is 77.3 Å². The van der Waals surface area contributed by atoms with Crippen LogP contribution in [0, 0.1) is 11.3 Å². The van der Waals surface area contributed by atoms with Crippen LogP contribution in [0.4, 0.5) is 13.2 Å². The van der Waals surface area contributed by atoms with Crippen molar-refractivity contribution in [3.63, 3.8) is 0 Å². The van der Waals surface area contributed by atoms with E-state index in [-0.39, 0.29) is 32.1 Å². The molecule has 1 aliphatic heterocycles. The Kier molecular flexibility index (Phi) is 5.84. The lowest BCUT2D eigenvalue weighted by atomic mass is 10.1. The van der Waals surface area contributed by atoms with Crippen LogP contribution in [0.2, 0.25) is 0 Å². The van der Waals surface area contributed by atoms with Gasteiger partial charge in [-0.05, 0) is 24.3 Å². The van der Waals surface area contributed by atoms with Crippen LogP contribution in [0.5, 0.6) is 0 Å². The number of aliphatic hydroxyl groups is 1. The van der Waals surface area contributed by atoms with Gasteiger partial charge < -0.3 is 10.0 Å². The summed E-state index contributed by atoms with van der Waals surface area (Å²) in [5, 5.41) is 20.7. The molecule has 0 spiro atoms. The van der Waals surface area contributed by atoms with Gasteiger partial charge in [-0.15, -0.1) is 0 Å². The SMILES string of the molecule is CN(C(=O)c1ccc(C#N)cc1)N1CCN(C(=O)[C@@H](O)C(F)(F)F)CC1. The van der Waals surface area contributed by atoms with Crippen molar-refractivity contribution in [1.29, 1.82) is 5.26 Å². The largest absolute Gasteiger partial charge is 0.423 e. The van der Waals surface area contributed by atoms with E-state index in [9.17, 15) is 22.8 Å². The number of rotatable bonds is 3. The number of aliphatic hydroxyl groups excluding tert-OH is 1. The summed E-state index contributed by atoms with van der Waals surface area (Å²) in [5.74, 6) is -1.73. The minimum atomic E-state index is -5.00. The van der Waals surface area contributed by atoms with Gasteiger partial charge in [-0.3, -0.25) is 14.6 Å². The summed E-state index contributed by atoms with van der Waals surface area (Å²) >= 11 is 0. The van der Waals surface area contributed by atoms with Crippen LogP contribution in [0.3, 0.4) is 0 Å². The molecular weight excluding hydrogens is 353 g/mol. The van der Waals surface area contributed by atoms with Crippen molar-refractivity contribution in [2.75, 3.05) is 33.2 Å². The maximum absolute atomic E-state index is 12.4. The van der Waals surface area contributed by atoms with Crippen molar-refractivity contribution in [2.24, 2.45) is 0 Å². The highest BCUT2D eigenvalue weighted by Crippen LogP contribution is 2.22. The molecule has 0 radical (unpaired) electrons. The van der Waals surface area contributed by atoms with Crippen molar-refractivity contribution < 1.29 is 27.9 Å². The molecule has 1 aromatic carbocycles. The molecule has 26 heavy (non-hydrogen) atoms. The van der Waals surface area contributed by atoms with Gasteiger partial charge in [-0.25, -0.2) is 5.01 Å². The van der Waals surface area contributed by atoms with E-state index in [0.717, 1.165) is 4.90 Å². The predicted octanol–water partition coefficient (Wildman–Crippen LogP) is 0.613. The molecule has 10 heteroatoms. The Hall–Kier alpha value is -2.64. The smallest absolute Gasteiger partial charge is 0.376 e. The molecule has 2 amide bonds. The van der Waals surface area contributed by atoms with Crippen molar-refractivity contribution in [1.82, 2.24) is 14.9 Å². The summed E-state index contributed by atoms with van der Waals surface area (Å²) in [6.45, 7) is 0.206. The van der Waals surface area contributed by atoms with Gasteiger partial charge in [0.2, 0.25) is 6.10 Å². The first-order valence-corrected chi connectivity index (χ1v) is 7.72.